The summed E-state index contributed by atoms with van der Waals surface area (Å²) in [4.78, 5) is 10.8. The van der Waals surface area contributed by atoms with Crippen LogP contribution in [-0.4, -0.2) is 31.3 Å². The third kappa shape index (κ3) is 3.19. The fourth-order valence-corrected chi connectivity index (χ4v) is 1.66. The summed E-state index contributed by atoms with van der Waals surface area (Å²) in [5, 5.41) is -1.44. The quantitative estimate of drug-likeness (QED) is 0.513. The molecule has 0 rings (SSSR count). The van der Waals surface area contributed by atoms with Crippen LogP contribution in [0.1, 0.15) is 19.8 Å². The smallest absolute Gasteiger partial charge is 0.326 e. The van der Waals surface area contributed by atoms with E-state index in [9.17, 15) is 13.2 Å². The molecular weight excluding hydrogens is 184 g/mol. The summed E-state index contributed by atoms with van der Waals surface area (Å²) in [6.07, 6.45) is 0.561. The largest absolute Gasteiger partial charge is 0.468 e. The van der Waals surface area contributed by atoms with E-state index in [4.69, 9.17) is 4.55 Å². The lowest BCUT2D eigenvalue weighted by Crippen LogP contribution is -2.30. The molecule has 0 heterocycles. The molecule has 12 heavy (non-hydrogen) atoms. The van der Waals surface area contributed by atoms with Crippen molar-refractivity contribution in [3.05, 3.63) is 0 Å². The molecule has 1 unspecified atom stereocenters. The maximum atomic E-state index is 10.8. The molecule has 0 saturated heterocycles. The van der Waals surface area contributed by atoms with Crippen LogP contribution in [-0.2, 0) is 19.6 Å². The average Bonchev–Trinajstić information content (AvgIpc) is 1.96. The Morgan fingerprint density at radius 2 is 2.08 bits per heavy atom. The third-order valence-corrected chi connectivity index (χ3v) is 2.52. The van der Waals surface area contributed by atoms with E-state index in [2.05, 4.69) is 4.74 Å². The normalized spacial score (nSPS) is 13.9. The summed E-state index contributed by atoms with van der Waals surface area (Å²) in [6.45, 7) is 1.71. The van der Waals surface area contributed by atoms with Crippen LogP contribution < -0.4 is 0 Å². The van der Waals surface area contributed by atoms with Crippen molar-refractivity contribution in [1.29, 1.82) is 0 Å². The van der Waals surface area contributed by atoms with Crippen LogP contribution in [0.5, 0.6) is 0 Å². The van der Waals surface area contributed by atoms with Gasteiger partial charge in [-0.05, 0) is 6.42 Å². The summed E-state index contributed by atoms with van der Waals surface area (Å²) in [7, 11) is -3.23. The molecule has 0 amide bonds. The summed E-state index contributed by atoms with van der Waals surface area (Å²) in [5.74, 6) is -0.917. The lowest BCUT2D eigenvalue weighted by atomic mass is 10.2. The SMILES string of the molecule is CCCC(C(=O)OC)S(=O)(=O)O. The first-order valence-electron chi connectivity index (χ1n) is 3.47. The zero-order chi connectivity index (χ0) is 9.78. The lowest BCUT2D eigenvalue weighted by molar-refractivity contribution is -0.140. The van der Waals surface area contributed by atoms with Crippen LogP contribution in [0, 0.1) is 0 Å². The van der Waals surface area contributed by atoms with Crippen LogP contribution >= 0.6 is 0 Å². The summed E-state index contributed by atoms with van der Waals surface area (Å²) < 4.78 is 33.9. The molecule has 0 aliphatic carbocycles. The van der Waals surface area contributed by atoms with E-state index >= 15 is 0 Å². The summed E-state index contributed by atoms with van der Waals surface area (Å²) in [5.41, 5.74) is 0. The monoisotopic (exact) mass is 196 g/mol. The Morgan fingerprint density at radius 3 is 2.33 bits per heavy atom. The average molecular weight is 196 g/mol. The first-order valence-corrected chi connectivity index (χ1v) is 4.98. The minimum Gasteiger partial charge on any atom is -0.468 e. The fraction of sp³-hybridized carbons (Fsp3) is 0.833. The highest BCUT2D eigenvalue weighted by molar-refractivity contribution is 7.87. The molecule has 0 bridgehead atoms. The first kappa shape index (κ1) is 11.4. The van der Waals surface area contributed by atoms with Crippen molar-refractivity contribution in [1.82, 2.24) is 0 Å². The Hall–Kier alpha value is -0.620. The van der Waals surface area contributed by atoms with Crippen molar-refractivity contribution in [2.45, 2.75) is 25.0 Å². The number of carbonyl (C=O) groups is 1. The van der Waals surface area contributed by atoms with Crippen LogP contribution in [0.4, 0.5) is 0 Å². The van der Waals surface area contributed by atoms with Gasteiger partial charge in [0.15, 0.2) is 5.25 Å². The van der Waals surface area contributed by atoms with Crippen LogP contribution in [0.25, 0.3) is 0 Å². The standard InChI is InChI=1S/C6H12O5S/c1-3-4-5(6(7)11-2)12(8,9)10/h5H,3-4H2,1-2H3,(H,8,9,10). The van der Waals surface area contributed by atoms with Gasteiger partial charge in [0.1, 0.15) is 0 Å². The maximum absolute atomic E-state index is 10.8. The second kappa shape index (κ2) is 4.42. The first-order chi connectivity index (χ1) is 5.43. The summed E-state index contributed by atoms with van der Waals surface area (Å²) in [6, 6.07) is 0. The molecule has 0 fully saturated rings. The molecule has 0 aliphatic heterocycles. The fourth-order valence-electron chi connectivity index (χ4n) is 0.782. The second-order valence-electron chi connectivity index (χ2n) is 2.32. The molecule has 0 aromatic rings. The van der Waals surface area contributed by atoms with Crippen LogP contribution in [0.2, 0.25) is 0 Å². The topological polar surface area (TPSA) is 80.7 Å². The molecule has 0 aromatic carbocycles. The molecular formula is C6H12O5S. The molecule has 0 aliphatic rings. The van der Waals surface area contributed by atoms with Crippen molar-refractivity contribution in [2.24, 2.45) is 0 Å². The van der Waals surface area contributed by atoms with Crippen molar-refractivity contribution >= 4 is 16.1 Å². The van der Waals surface area contributed by atoms with Crippen molar-refractivity contribution in [2.75, 3.05) is 7.11 Å². The Balaban J connectivity index is 4.56. The van der Waals surface area contributed by atoms with E-state index in [0.717, 1.165) is 7.11 Å². The predicted molar refractivity (Wildman–Crippen MR) is 42.3 cm³/mol. The van der Waals surface area contributed by atoms with Gasteiger partial charge in [0.05, 0.1) is 7.11 Å². The van der Waals surface area contributed by atoms with E-state index in [1.165, 1.54) is 0 Å². The van der Waals surface area contributed by atoms with Gasteiger partial charge in [-0.1, -0.05) is 13.3 Å². The lowest BCUT2D eigenvalue weighted by Gasteiger charge is -2.09. The van der Waals surface area contributed by atoms with Crippen molar-refractivity contribution < 1.29 is 22.5 Å². The molecule has 1 N–H and O–H groups in total. The van der Waals surface area contributed by atoms with E-state index < -0.39 is 21.3 Å². The van der Waals surface area contributed by atoms with Crippen LogP contribution in [0.3, 0.4) is 0 Å². The van der Waals surface area contributed by atoms with Gasteiger partial charge in [-0.15, -0.1) is 0 Å². The van der Waals surface area contributed by atoms with Crippen molar-refractivity contribution in [3.8, 4) is 0 Å². The number of carbonyl (C=O) groups excluding carboxylic acids is 1. The number of ether oxygens (including phenoxy) is 1. The van der Waals surface area contributed by atoms with Gasteiger partial charge in [0.2, 0.25) is 0 Å². The number of esters is 1. The molecule has 0 spiro atoms. The molecule has 0 saturated carbocycles. The molecule has 0 radical (unpaired) electrons. The Kier molecular flexibility index (Phi) is 4.19. The number of methoxy groups -OCH3 is 1. The molecule has 72 valence electrons. The Bertz CT molecular complexity index is 243. The van der Waals surface area contributed by atoms with Gasteiger partial charge in [-0.25, -0.2) is 0 Å². The van der Waals surface area contributed by atoms with Gasteiger partial charge < -0.3 is 4.74 Å². The van der Waals surface area contributed by atoms with E-state index in [1.807, 2.05) is 0 Å². The predicted octanol–water partition coefficient (Wildman–Crippen LogP) is 0.216. The minimum atomic E-state index is -4.31. The van der Waals surface area contributed by atoms with Gasteiger partial charge in [-0.2, -0.15) is 8.42 Å². The highest BCUT2D eigenvalue weighted by atomic mass is 32.2. The zero-order valence-corrected chi connectivity index (χ0v) is 7.80. The Morgan fingerprint density at radius 1 is 1.58 bits per heavy atom. The molecule has 0 aromatic heterocycles. The van der Waals surface area contributed by atoms with E-state index in [1.54, 1.807) is 6.92 Å². The number of hydrogen-bond donors (Lipinski definition) is 1. The highest BCUT2D eigenvalue weighted by Crippen LogP contribution is 2.08. The molecule has 5 nitrogen and oxygen atoms in total. The van der Waals surface area contributed by atoms with Crippen LogP contribution in [0.15, 0.2) is 0 Å². The van der Waals surface area contributed by atoms with Gasteiger partial charge >= 0.3 is 5.97 Å². The maximum Gasteiger partial charge on any atom is 0.326 e. The molecule has 6 heteroatoms. The molecule has 1 atom stereocenters. The number of rotatable bonds is 4. The van der Waals surface area contributed by atoms with Gasteiger partial charge in [0, 0.05) is 0 Å². The van der Waals surface area contributed by atoms with E-state index in [0.29, 0.717) is 6.42 Å². The van der Waals surface area contributed by atoms with E-state index in [-0.39, 0.29) is 6.42 Å². The number of hydrogen-bond acceptors (Lipinski definition) is 4. The van der Waals surface area contributed by atoms with Gasteiger partial charge in [0.25, 0.3) is 10.1 Å². The Labute approximate surface area is 71.5 Å². The second-order valence-corrected chi connectivity index (χ2v) is 3.91. The van der Waals surface area contributed by atoms with Gasteiger partial charge in [-0.3, -0.25) is 9.35 Å². The highest BCUT2D eigenvalue weighted by Gasteiger charge is 2.30. The minimum absolute atomic E-state index is 0.0749. The zero-order valence-electron chi connectivity index (χ0n) is 6.98. The summed E-state index contributed by atoms with van der Waals surface area (Å²) >= 11 is 0. The van der Waals surface area contributed by atoms with Crippen molar-refractivity contribution in [3.63, 3.8) is 0 Å². The third-order valence-electron chi connectivity index (χ3n) is 1.37.